The van der Waals surface area contributed by atoms with Crippen LogP contribution in [0.25, 0.3) is 0 Å². The van der Waals surface area contributed by atoms with E-state index in [2.05, 4.69) is 39.4 Å². The zero-order valence-electron chi connectivity index (χ0n) is 17.8. The number of carbonyl (C=O) groups is 1. The maximum Gasteiger partial charge on any atom is 0.255 e. The molecule has 160 valence electrons. The van der Waals surface area contributed by atoms with Crippen LogP contribution in [0.1, 0.15) is 15.9 Å². The van der Waals surface area contributed by atoms with Crippen molar-refractivity contribution >= 4 is 23.0 Å². The number of benzene rings is 3. The number of piperazine rings is 1. The molecule has 1 fully saturated rings. The average Bonchev–Trinajstić information content (AvgIpc) is 2.81. The van der Waals surface area contributed by atoms with Crippen LogP contribution < -0.4 is 20.7 Å². The number of hydrogen-bond donors (Lipinski definition) is 2. The fourth-order valence-electron chi connectivity index (χ4n) is 3.85. The summed E-state index contributed by atoms with van der Waals surface area (Å²) in [6.45, 7) is 4.75. The van der Waals surface area contributed by atoms with Crippen molar-refractivity contribution in [2.45, 2.75) is 6.54 Å². The Morgan fingerprint density at radius 3 is 2.32 bits per heavy atom. The van der Waals surface area contributed by atoms with Gasteiger partial charge in [0.25, 0.3) is 5.91 Å². The number of ether oxygens (including phenoxy) is 1. The summed E-state index contributed by atoms with van der Waals surface area (Å²) in [7, 11) is 1.61. The summed E-state index contributed by atoms with van der Waals surface area (Å²) >= 11 is 0. The number of rotatable bonds is 6. The van der Waals surface area contributed by atoms with Crippen LogP contribution in [0.3, 0.4) is 0 Å². The number of nitrogens with two attached hydrogens (primary N) is 1. The van der Waals surface area contributed by atoms with Gasteiger partial charge in [0.15, 0.2) is 0 Å². The molecule has 0 unspecified atom stereocenters. The third-order valence-electron chi connectivity index (χ3n) is 5.60. The van der Waals surface area contributed by atoms with E-state index in [0.717, 1.165) is 44.2 Å². The fraction of sp³-hybridized carbons (Fsp3) is 0.240. The standard InChI is InChI=1S/C25H28N4O2/c1-31-22-10-8-21(9-11-22)27-25(30)20-7-12-24(23(26)17-20)29-15-13-28(14-16-29)18-19-5-3-2-4-6-19/h2-12,17H,13-16,18,26H2,1H3,(H,27,30). The molecule has 6 heteroatoms. The second-order valence-corrected chi connectivity index (χ2v) is 7.71. The van der Waals surface area contributed by atoms with Crippen molar-refractivity contribution in [1.82, 2.24) is 4.90 Å². The first-order chi connectivity index (χ1) is 15.1. The number of nitrogen functional groups attached to an aromatic ring is 1. The van der Waals surface area contributed by atoms with E-state index in [4.69, 9.17) is 10.5 Å². The predicted molar refractivity (Wildman–Crippen MR) is 126 cm³/mol. The minimum atomic E-state index is -0.184. The Morgan fingerprint density at radius 1 is 0.968 bits per heavy atom. The highest BCUT2D eigenvalue weighted by Crippen LogP contribution is 2.26. The first kappa shape index (κ1) is 20.8. The van der Waals surface area contributed by atoms with Gasteiger partial charge in [0.05, 0.1) is 18.5 Å². The lowest BCUT2D eigenvalue weighted by atomic mass is 10.1. The molecule has 6 nitrogen and oxygen atoms in total. The SMILES string of the molecule is COc1ccc(NC(=O)c2ccc(N3CCN(Cc4ccccc4)CC3)c(N)c2)cc1. The minimum Gasteiger partial charge on any atom is -0.497 e. The molecule has 0 radical (unpaired) electrons. The molecule has 0 bridgehead atoms. The highest BCUT2D eigenvalue weighted by molar-refractivity contribution is 6.05. The summed E-state index contributed by atoms with van der Waals surface area (Å²) in [6, 6.07) is 23.3. The summed E-state index contributed by atoms with van der Waals surface area (Å²) < 4.78 is 5.14. The Hall–Kier alpha value is -3.51. The van der Waals surface area contributed by atoms with E-state index < -0.39 is 0 Å². The lowest BCUT2D eigenvalue weighted by Gasteiger charge is -2.36. The largest absolute Gasteiger partial charge is 0.497 e. The van der Waals surface area contributed by atoms with Gasteiger partial charge in [-0.05, 0) is 48.0 Å². The van der Waals surface area contributed by atoms with Gasteiger partial charge in [0.1, 0.15) is 5.75 Å². The summed E-state index contributed by atoms with van der Waals surface area (Å²) in [5, 5.41) is 2.89. The molecule has 0 aliphatic carbocycles. The molecule has 3 N–H and O–H groups in total. The molecule has 4 rings (SSSR count). The van der Waals surface area contributed by atoms with E-state index in [-0.39, 0.29) is 5.91 Å². The first-order valence-electron chi connectivity index (χ1n) is 10.5. The van der Waals surface area contributed by atoms with Crippen molar-refractivity contribution in [2.75, 3.05) is 49.2 Å². The van der Waals surface area contributed by atoms with Gasteiger partial charge < -0.3 is 20.7 Å². The Balaban J connectivity index is 1.35. The molecule has 1 heterocycles. The molecule has 0 atom stereocenters. The van der Waals surface area contributed by atoms with Gasteiger partial charge in [0, 0.05) is 44.0 Å². The van der Waals surface area contributed by atoms with Crippen LogP contribution >= 0.6 is 0 Å². The van der Waals surface area contributed by atoms with Crippen molar-refractivity contribution in [1.29, 1.82) is 0 Å². The highest BCUT2D eigenvalue weighted by atomic mass is 16.5. The van der Waals surface area contributed by atoms with E-state index in [1.165, 1.54) is 5.56 Å². The molecular weight excluding hydrogens is 388 g/mol. The topological polar surface area (TPSA) is 70.8 Å². The molecule has 1 saturated heterocycles. The third kappa shape index (κ3) is 5.16. The van der Waals surface area contributed by atoms with Crippen molar-refractivity contribution < 1.29 is 9.53 Å². The number of nitrogens with one attached hydrogen (secondary N) is 1. The van der Waals surface area contributed by atoms with Gasteiger partial charge in [-0.15, -0.1) is 0 Å². The van der Waals surface area contributed by atoms with Crippen LogP contribution in [0.15, 0.2) is 72.8 Å². The van der Waals surface area contributed by atoms with Gasteiger partial charge in [0.2, 0.25) is 0 Å². The van der Waals surface area contributed by atoms with Gasteiger partial charge in [-0.25, -0.2) is 0 Å². The van der Waals surface area contributed by atoms with Crippen LogP contribution in [0.4, 0.5) is 17.1 Å². The van der Waals surface area contributed by atoms with E-state index in [0.29, 0.717) is 16.9 Å². The lowest BCUT2D eigenvalue weighted by Crippen LogP contribution is -2.46. The van der Waals surface area contributed by atoms with Crippen molar-refractivity contribution in [2.24, 2.45) is 0 Å². The number of amides is 1. The summed E-state index contributed by atoms with van der Waals surface area (Å²) in [5.74, 6) is 0.562. The Labute approximate surface area is 183 Å². The number of anilines is 3. The van der Waals surface area contributed by atoms with Crippen LogP contribution in [-0.2, 0) is 6.54 Å². The molecular formula is C25H28N4O2. The summed E-state index contributed by atoms with van der Waals surface area (Å²) in [6.07, 6.45) is 0. The van der Waals surface area contributed by atoms with Crippen molar-refractivity contribution in [3.8, 4) is 5.75 Å². The van der Waals surface area contributed by atoms with Crippen LogP contribution in [0.2, 0.25) is 0 Å². The molecule has 0 saturated carbocycles. The molecule has 0 aromatic heterocycles. The van der Waals surface area contributed by atoms with Crippen molar-refractivity contribution in [3.63, 3.8) is 0 Å². The van der Waals surface area contributed by atoms with Crippen LogP contribution in [0, 0.1) is 0 Å². The smallest absolute Gasteiger partial charge is 0.255 e. The second-order valence-electron chi connectivity index (χ2n) is 7.71. The maximum atomic E-state index is 12.6. The number of carbonyl (C=O) groups excluding carboxylic acids is 1. The molecule has 1 amide bonds. The summed E-state index contributed by atoms with van der Waals surface area (Å²) in [4.78, 5) is 17.4. The number of nitrogens with zero attached hydrogens (tertiary/aromatic N) is 2. The summed E-state index contributed by atoms with van der Waals surface area (Å²) in [5.41, 5.74) is 10.5. The molecule has 0 spiro atoms. The number of methoxy groups -OCH3 is 1. The molecule has 1 aliphatic heterocycles. The van der Waals surface area contributed by atoms with E-state index in [9.17, 15) is 4.79 Å². The fourth-order valence-corrected chi connectivity index (χ4v) is 3.85. The van der Waals surface area contributed by atoms with Crippen molar-refractivity contribution in [3.05, 3.63) is 83.9 Å². The van der Waals surface area contributed by atoms with Crippen LogP contribution in [-0.4, -0.2) is 44.1 Å². The van der Waals surface area contributed by atoms with Gasteiger partial charge in [-0.3, -0.25) is 9.69 Å². The maximum absolute atomic E-state index is 12.6. The molecule has 3 aromatic rings. The Morgan fingerprint density at radius 2 is 1.68 bits per heavy atom. The second kappa shape index (κ2) is 9.53. The number of hydrogen-bond acceptors (Lipinski definition) is 5. The zero-order chi connectivity index (χ0) is 21.6. The molecule has 31 heavy (non-hydrogen) atoms. The zero-order valence-corrected chi connectivity index (χ0v) is 17.8. The third-order valence-corrected chi connectivity index (χ3v) is 5.60. The average molecular weight is 417 g/mol. The molecule has 3 aromatic carbocycles. The van der Waals surface area contributed by atoms with E-state index >= 15 is 0 Å². The Bertz CT molecular complexity index is 1010. The minimum absolute atomic E-state index is 0.184. The Kier molecular flexibility index (Phi) is 6.38. The van der Waals surface area contributed by atoms with E-state index in [1.54, 1.807) is 13.2 Å². The quantitative estimate of drug-likeness (QED) is 0.597. The lowest BCUT2D eigenvalue weighted by molar-refractivity contribution is 0.102. The monoisotopic (exact) mass is 416 g/mol. The first-order valence-corrected chi connectivity index (χ1v) is 10.5. The normalized spacial score (nSPS) is 14.3. The van der Waals surface area contributed by atoms with E-state index in [1.807, 2.05) is 42.5 Å². The highest BCUT2D eigenvalue weighted by Gasteiger charge is 2.19. The van der Waals surface area contributed by atoms with Gasteiger partial charge in [-0.2, -0.15) is 0 Å². The molecule has 1 aliphatic rings. The van der Waals surface area contributed by atoms with Gasteiger partial charge in [-0.1, -0.05) is 30.3 Å². The predicted octanol–water partition coefficient (Wildman–Crippen LogP) is 3.85. The van der Waals surface area contributed by atoms with Crippen LogP contribution in [0.5, 0.6) is 5.75 Å². The van der Waals surface area contributed by atoms with Gasteiger partial charge >= 0.3 is 0 Å².